The molecule has 0 saturated carbocycles. The van der Waals surface area contributed by atoms with Crippen molar-refractivity contribution >= 4 is 34.4 Å². The Morgan fingerprint density at radius 3 is 2.68 bits per heavy atom. The maximum absolute atomic E-state index is 13.0. The fourth-order valence-electron chi connectivity index (χ4n) is 3.53. The van der Waals surface area contributed by atoms with Crippen molar-refractivity contribution in [2.75, 3.05) is 32.3 Å². The van der Waals surface area contributed by atoms with Gasteiger partial charge in [0.1, 0.15) is 5.75 Å². The summed E-state index contributed by atoms with van der Waals surface area (Å²) >= 11 is 6.26. The van der Waals surface area contributed by atoms with E-state index in [1.165, 1.54) is 16.2 Å². The van der Waals surface area contributed by atoms with Gasteiger partial charge in [0.2, 0.25) is 5.95 Å². The van der Waals surface area contributed by atoms with Crippen molar-refractivity contribution in [2.45, 2.75) is 13.1 Å². The molecule has 0 atom stereocenters. The predicted molar refractivity (Wildman–Crippen MR) is 106 cm³/mol. The molecule has 1 aromatic carbocycles. The Balaban J connectivity index is 1.88. The second-order valence-electron chi connectivity index (χ2n) is 6.50. The lowest BCUT2D eigenvalue weighted by Gasteiger charge is -2.17. The number of hydrogen-bond acceptors (Lipinski definition) is 6. The molecule has 0 fully saturated rings. The van der Waals surface area contributed by atoms with E-state index in [0.717, 1.165) is 5.69 Å². The van der Waals surface area contributed by atoms with Gasteiger partial charge in [0.15, 0.2) is 11.2 Å². The number of anilines is 2. The Morgan fingerprint density at radius 1 is 1.21 bits per heavy atom. The fraction of sp³-hybridized carbons (Fsp3) is 0.389. The first-order valence-corrected chi connectivity index (χ1v) is 9.15. The van der Waals surface area contributed by atoms with E-state index in [9.17, 15) is 9.59 Å². The lowest BCUT2D eigenvalue weighted by molar-refractivity contribution is 0.184. The van der Waals surface area contributed by atoms with Crippen molar-refractivity contribution in [1.82, 2.24) is 18.7 Å². The Morgan fingerprint density at radius 2 is 2.00 bits per heavy atom. The van der Waals surface area contributed by atoms with Crippen LogP contribution in [0.1, 0.15) is 0 Å². The van der Waals surface area contributed by atoms with E-state index in [0.29, 0.717) is 41.0 Å². The quantitative estimate of drug-likeness (QED) is 0.637. The van der Waals surface area contributed by atoms with Crippen molar-refractivity contribution in [3.63, 3.8) is 0 Å². The summed E-state index contributed by atoms with van der Waals surface area (Å²) in [6, 6.07) is 5.47. The molecule has 0 bridgehead atoms. The summed E-state index contributed by atoms with van der Waals surface area (Å²) in [6.07, 6.45) is 0. The third-order valence-electron chi connectivity index (χ3n) is 4.97. The smallest absolute Gasteiger partial charge is 0.332 e. The normalized spacial score (nSPS) is 13.4. The summed E-state index contributed by atoms with van der Waals surface area (Å²) in [5.41, 5.74) is 0.844. The third kappa shape index (κ3) is 2.70. The molecule has 3 aromatic rings. The molecule has 1 aliphatic heterocycles. The van der Waals surface area contributed by atoms with Crippen molar-refractivity contribution in [3.8, 4) is 5.75 Å². The maximum atomic E-state index is 13.0. The van der Waals surface area contributed by atoms with E-state index < -0.39 is 5.69 Å². The molecule has 0 saturated heterocycles. The third-order valence-corrected chi connectivity index (χ3v) is 5.26. The number of methoxy groups -OCH3 is 2. The van der Waals surface area contributed by atoms with Gasteiger partial charge in [-0.25, -0.2) is 4.79 Å². The molecule has 1 aliphatic rings. The van der Waals surface area contributed by atoms with Crippen LogP contribution in [-0.2, 0) is 24.9 Å². The second-order valence-corrected chi connectivity index (χ2v) is 6.90. The van der Waals surface area contributed by atoms with Crippen molar-refractivity contribution in [2.24, 2.45) is 7.05 Å². The van der Waals surface area contributed by atoms with E-state index in [-0.39, 0.29) is 18.7 Å². The average molecular weight is 406 g/mol. The number of fused-ring (bicyclic) bond motifs is 3. The largest absolute Gasteiger partial charge is 0.495 e. The van der Waals surface area contributed by atoms with Gasteiger partial charge in [0, 0.05) is 32.9 Å². The molecule has 3 heterocycles. The summed E-state index contributed by atoms with van der Waals surface area (Å²) in [7, 11) is 4.71. The van der Waals surface area contributed by atoms with Gasteiger partial charge in [0.25, 0.3) is 5.56 Å². The Kier molecular flexibility index (Phi) is 4.64. The molecule has 0 unspecified atom stereocenters. The molecule has 0 aliphatic carbocycles. The molecule has 0 N–H and O–H groups in total. The van der Waals surface area contributed by atoms with Gasteiger partial charge in [0.05, 0.1) is 25.3 Å². The molecular formula is C18H20ClN5O4. The van der Waals surface area contributed by atoms with Gasteiger partial charge in [-0.1, -0.05) is 11.6 Å². The second kappa shape index (κ2) is 6.99. The highest BCUT2D eigenvalue weighted by atomic mass is 35.5. The van der Waals surface area contributed by atoms with Crippen molar-refractivity contribution in [3.05, 3.63) is 44.1 Å². The van der Waals surface area contributed by atoms with Gasteiger partial charge in [-0.15, -0.1) is 0 Å². The monoisotopic (exact) mass is 405 g/mol. The summed E-state index contributed by atoms with van der Waals surface area (Å²) < 4.78 is 14.7. The summed E-state index contributed by atoms with van der Waals surface area (Å²) in [4.78, 5) is 32.1. The van der Waals surface area contributed by atoms with E-state index in [4.69, 9.17) is 21.1 Å². The molecule has 148 valence electrons. The Labute approximate surface area is 165 Å². The molecule has 10 heteroatoms. The lowest BCUT2D eigenvalue weighted by atomic mass is 10.3. The first-order chi connectivity index (χ1) is 13.5. The topological polar surface area (TPSA) is 83.5 Å². The van der Waals surface area contributed by atoms with Crippen LogP contribution in [-0.4, -0.2) is 46.1 Å². The average Bonchev–Trinajstić information content (AvgIpc) is 3.25. The highest BCUT2D eigenvalue weighted by molar-refractivity contribution is 6.32. The first-order valence-electron chi connectivity index (χ1n) is 8.78. The molecule has 28 heavy (non-hydrogen) atoms. The van der Waals surface area contributed by atoms with Gasteiger partial charge in [-0.2, -0.15) is 4.98 Å². The van der Waals surface area contributed by atoms with Gasteiger partial charge >= 0.3 is 5.69 Å². The zero-order chi connectivity index (χ0) is 20.0. The number of ether oxygens (including phenoxy) is 2. The predicted octanol–water partition coefficient (Wildman–Crippen LogP) is 1.36. The van der Waals surface area contributed by atoms with E-state index in [1.807, 2.05) is 15.5 Å². The standard InChI is InChI=1S/C18H20ClN5O4/c1-21-15-14(16(25)24(18(21)26)8-9-27-2)23-7-6-22(17(23)20-15)11-4-5-13(28-3)12(19)10-11/h4-5,10H,6-9H2,1-3H3. The fourth-order valence-corrected chi connectivity index (χ4v) is 3.78. The molecule has 9 nitrogen and oxygen atoms in total. The Hall–Kier alpha value is -2.78. The number of halogens is 1. The molecule has 0 radical (unpaired) electrons. The number of benzene rings is 1. The number of imidazole rings is 1. The zero-order valence-corrected chi connectivity index (χ0v) is 16.6. The summed E-state index contributed by atoms with van der Waals surface area (Å²) in [5.74, 6) is 1.19. The minimum absolute atomic E-state index is 0.191. The zero-order valence-electron chi connectivity index (χ0n) is 15.8. The van der Waals surface area contributed by atoms with Crippen LogP contribution in [0, 0.1) is 0 Å². The van der Waals surface area contributed by atoms with Gasteiger partial charge in [-0.05, 0) is 18.2 Å². The minimum atomic E-state index is -0.412. The molecular weight excluding hydrogens is 386 g/mol. The van der Waals surface area contributed by atoms with Gasteiger partial charge < -0.3 is 18.9 Å². The van der Waals surface area contributed by atoms with Crippen LogP contribution in [0.15, 0.2) is 27.8 Å². The summed E-state index contributed by atoms with van der Waals surface area (Å²) in [6.45, 7) is 1.68. The number of rotatable bonds is 5. The molecule has 4 rings (SSSR count). The lowest BCUT2D eigenvalue weighted by Crippen LogP contribution is -2.40. The minimum Gasteiger partial charge on any atom is -0.495 e. The van der Waals surface area contributed by atoms with Crippen LogP contribution in [0.25, 0.3) is 11.2 Å². The highest BCUT2D eigenvalue weighted by Crippen LogP contribution is 2.35. The van der Waals surface area contributed by atoms with Crippen LogP contribution in [0.3, 0.4) is 0 Å². The molecule has 0 spiro atoms. The molecule has 2 aromatic heterocycles. The van der Waals surface area contributed by atoms with Crippen LogP contribution in [0.4, 0.5) is 11.6 Å². The van der Waals surface area contributed by atoms with Gasteiger partial charge in [-0.3, -0.25) is 13.9 Å². The Bertz CT molecular complexity index is 1180. The maximum Gasteiger partial charge on any atom is 0.332 e. The first kappa shape index (κ1) is 18.6. The van der Waals surface area contributed by atoms with Crippen LogP contribution >= 0.6 is 11.6 Å². The highest BCUT2D eigenvalue weighted by Gasteiger charge is 2.29. The van der Waals surface area contributed by atoms with E-state index >= 15 is 0 Å². The molecule has 0 amide bonds. The van der Waals surface area contributed by atoms with E-state index in [2.05, 4.69) is 4.98 Å². The summed E-state index contributed by atoms with van der Waals surface area (Å²) in [5, 5.41) is 0.490. The number of aryl methyl sites for hydroxylation is 1. The van der Waals surface area contributed by atoms with Crippen molar-refractivity contribution in [1.29, 1.82) is 0 Å². The number of hydrogen-bond donors (Lipinski definition) is 0. The van der Waals surface area contributed by atoms with E-state index in [1.54, 1.807) is 26.3 Å². The van der Waals surface area contributed by atoms with Crippen LogP contribution in [0.2, 0.25) is 5.02 Å². The van der Waals surface area contributed by atoms with Crippen LogP contribution < -0.4 is 20.9 Å². The number of aromatic nitrogens is 4. The van der Waals surface area contributed by atoms with Crippen molar-refractivity contribution < 1.29 is 9.47 Å². The number of nitrogens with zero attached hydrogens (tertiary/aromatic N) is 5. The SMILES string of the molecule is COCCn1c(=O)c2c(nc3n2CCN3c2ccc(OC)c(Cl)c2)n(C)c1=O. The van der Waals surface area contributed by atoms with Crippen LogP contribution in [0.5, 0.6) is 5.75 Å².